The van der Waals surface area contributed by atoms with Crippen LogP contribution in [-0.2, 0) is 9.53 Å². The minimum atomic E-state index is -0.470. The van der Waals surface area contributed by atoms with Crippen molar-refractivity contribution in [3.8, 4) is 23.6 Å². The highest BCUT2D eigenvalue weighted by atomic mass is 16.6. The van der Waals surface area contributed by atoms with Gasteiger partial charge in [0.2, 0.25) is 0 Å². The van der Waals surface area contributed by atoms with E-state index in [0.717, 1.165) is 0 Å². The first-order valence-corrected chi connectivity index (χ1v) is 7.11. The first-order valence-electron chi connectivity index (χ1n) is 7.11. The van der Waals surface area contributed by atoms with Crippen molar-refractivity contribution in [3.63, 3.8) is 0 Å². The van der Waals surface area contributed by atoms with Crippen LogP contribution in [0.25, 0.3) is 6.08 Å². The number of hydrogen-bond acceptors (Lipinski definition) is 6. The second-order valence-corrected chi connectivity index (χ2v) is 4.75. The molecule has 0 N–H and O–H groups in total. The van der Waals surface area contributed by atoms with Gasteiger partial charge in [-0.3, -0.25) is 0 Å². The SMILES string of the molecule is CCOc1cc(C=C(C#N)C#N)ccc1OCC(=O)OC(C)C. The molecule has 1 aromatic carbocycles. The molecule has 0 atom stereocenters. The Morgan fingerprint density at radius 2 is 1.91 bits per heavy atom. The van der Waals surface area contributed by atoms with Gasteiger partial charge in [-0.15, -0.1) is 0 Å². The number of carbonyl (C=O) groups is 1. The molecule has 0 spiro atoms. The number of ether oxygens (including phenoxy) is 3. The lowest BCUT2D eigenvalue weighted by molar-refractivity contribution is -0.149. The van der Waals surface area contributed by atoms with E-state index in [1.165, 1.54) is 6.08 Å². The Balaban J connectivity index is 2.93. The first kappa shape index (κ1) is 18.1. The van der Waals surface area contributed by atoms with Gasteiger partial charge < -0.3 is 14.2 Å². The normalized spacial score (nSPS) is 9.48. The lowest BCUT2D eigenvalue weighted by atomic mass is 10.1. The van der Waals surface area contributed by atoms with E-state index in [-0.39, 0.29) is 18.3 Å². The Morgan fingerprint density at radius 1 is 1.22 bits per heavy atom. The van der Waals surface area contributed by atoms with Crippen molar-refractivity contribution >= 4 is 12.0 Å². The second-order valence-electron chi connectivity index (χ2n) is 4.75. The summed E-state index contributed by atoms with van der Waals surface area (Å²) in [6.07, 6.45) is 1.24. The molecule has 0 radical (unpaired) electrons. The molecular formula is C17H18N2O4. The minimum absolute atomic E-state index is 0.0124. The fraction of sp³-hybridized carbons (Fsp3) is 0.353. The highest BCUT2D eigenvalue weighted by Crippen LogP contribution is 2.29. The van der Waals surface area contributed by atoms with Crippen molar-refractivity contribution in [2.24, 2.45) is 0 Å². The van der Waals surface area contributed by atoms with Gasteiger partial charge in [-0.25, -0.2) is 4.79 Å². The lowest BCUT2D eigenvalue weighted by Crippen LogP contribution is -2.19. The first-order chi connectivity index (χ1) is 11.0. The third kappa shape index (κ3) is 6.11. The van der Waals surface area contributed by atoms with Gasteiger partial charge in [0, 0.05) is 0 Å². The summed E-state index contributed by atoms with van der Waals surface area (Å²) in [5, 5.41) is 17.6. The fourth-order valence-electron chi connectivity index (χ4n) is 1.69. The molecule has 6 heteroatoms. The standard InChI is InChI=1S/C17H18N2O4/c1-4-21-16-8-13(7-14(9-18)10-19)5-6-15(16)22-11-17(20)23-12(2)3/h5-8,12H,4,11H2,1-3H3. The van der Waals surface area contributed by atoms with Crippen molar-refractivity contribution in [2.75, 3.05) is 13.2 Å². The predicted octanol–water partition coefficient (Wildman–Crippen LogP) is 2.85. The molecule has 120 valence electrons. The van der Waals surface area contributed by atoms with Crippen LogP contribution < -0.4 is 9.47 Å². The highest BCUT2D eigenvalue weighted by Gasteiger charge is 2.11. The van der Waals surface area contributed by atoms with Crippen LogP contribution in [0.4, 0.5) is 0 Å². The maximum Gasteiger partial charge on any atom is 0.344 e. The summed E-state index contributed by atoms with van der Waals surface area (Å²) in [4.78, 5) is 11.5. The lowest BCUT2D eigenvalue weighted by Gasteiger charge is -2.13. The molecule has 0 heterocycles. The number of esters is 1. The van der Waals surface area contributed by atoms with Gasteiger partial charge >= 0.3 is 5.97 Å². The summed E-state index contributed by atoms with van der Waals surface area (Å²) in [5.41, 5.74) is 0.616. The molecule has 0 aliphatic rings. The van der Waals surface area contributed by atoms with E-state index in [9.17, 15) is 4.79 Å². The van der Waals surface area contributed by atoms with Crippen molar-refractivity contribution in [3.05, 3.63) is 29.3 Å². The molecule has 0 unspecified atom stereocenters. The highest BCUT2D eigenvalue weighted by molar-refractivity contribution is 5.71. The van der Waals surface area contributed by atoms with E-state index in [2.05, 4.69) is 0 Å². The smallest absolute Gasteiger partial charge is 0.344 e. The monoisotopic (exact) mass is 314 g/mol. The maximum absolute atomic E-state index is 11.5. The maximum atomic E-state index is 11.5. The van der Waals surface area contributed by atoms with E-state index in [4.69, 9.17) is 24.7 Å². The van der Waals surface area contributed by atoms with Crippen molar-refractivity contribution in [1.82, 2.24) is 0 Å². The number of allylic oxidation sites excluding steroid dienone is 1. The Hall–Kier alpha value is -2.99. The molecule has 0 aliphatic heterocycles. The van der Waals surface area contributed by atoms with Gasteiger partial charge in [0.25, 0.3) is 0 Å². The van der Waals surface area contributed by atoms with Crippen molar-refractivity contribution in [2.45, 2.75) is 26.9 Å². The zero-order chi connectivity index (χ0) is 17.2. The van der Waals surface area contributed by atoms with Crippen molar-refractivity contribution in [1.29, 1.82) is 10.5 Å². The van der Waals surface area contributed by atoms with Gasteiger partial charge in [0.05, 0.1) is 12.7 Å². The number of nitrogens with zero attached hydrogens (tertiary/aromatic N) is 2. The van der Waals surface area contributed by atoms with Gasteiger partial charge in [-0.1, -0.05) is 6.07 Å². The Bertz CT molecular complexity index is 650. The minimum Gasteiger partial charge on any atom is -0.490 e. The van der Waals surface area contributed by atoms with Gasteiger partial charge in [-0.05, 0) is 44.5 Å². The van der Waals surface area contributed by atoms with E-state index < -0.39 is 5.97 Å². The average Bonchev–Trinajstić information content (AvgIpc) is 2.51. The summed E-state index contributed by atoms with van der Waals surface area (Å²) in [6.45, 7) is 5.51. The molecule has 1 rings (SSSR count). The van der Waals surface area contributed by atoms with Crippen LogP contribution in [0.3, 0.4) is 0 Å². The van der Waals surface area contributed by atoms with E-state index in [1.54, 1.807) is 44.2 Å². The summed E-state index contributed by atoms with van der Waals surface area (Å²) in [6, 6.07) is 8.51. The third-order valence-electron chi connectivity index (χ3n) is 2.53. The molecule has 0 saturated heterocycles. The molecule has 23 heavy (non-hydrogen) atoms. The summed E-state index contributed by atoms with van der Waals surface area (Å²) >= 11 is 0. The summed E-state index contributed by atoms with van der Waals surface area (Å²) in [5.74, 6) is 0.344. The Morgan fingerprint density at radius 3 is 2.48 bits per heavy atom. The molecule has 0 saturated carbocycles. The molecule has 6 nitrogen and oxygen atoms in total. The fourth-order valence-corrected chi connectivity index (χ4v) is 1.69. The number of carbonyl (C=O) groups excluding carboxylic acids is 1. The van der Waals surface area contributed by atoms with Crippen LogP contribution in [0.5, 0.6) is 11.5 Å². The molecule has 0 aromatic heterocycles. The van der Waals surface area contributed by atoms with Crippen LogP contribution >= 0.6 is 0 Å². The Labute approximate surface area is 135 Å². The van der Waals surface area contributed by atoms with Crippen LogP contribution in [0.15, 0.2) is 23.8 Å². The molecule has 0 aliphatic carbocycles. The summed E-state index contributed by atoms with van der Waals surface area (Å²) < 4.78 is 15.9. The van der Waals surface area contributed by atoms with Crippen molar-refractivity contribution < 1.29 is 19.0 Å². The molecule has 0 bridgehead atoms. The number of benzene rings is 1. The quantitative estimate of drug-likeness (QED) is 0.567. The third-order valence-corrected chi connectivity index (χ3v) is 2.53. The van der Waals surface area contributed by atoms with Crippen LogP contribution in [-0.4, -0.2) is 25.3 Å². The largest absolute Gasteiger partial charge is 0.490 e. The van der Waals surface area contributed by atoms with Crippen LogP contribution in [0.1, 0.15) is 26.3 Å². The number of hydrogen-bond donors (Lipinski definition) is 0. The second kappa shape index (κ2) is 9.11. The topological polar surface area (TPSA) is 92.3 Å². The van der Waals surface area contributed by atoms with Gasteiger partial charge in [0.15, 0.2) is 18.1 Å². The van der Waals surface area contributed by atoms with E-state index in [1.807, 2.05) is 6.92 Å². The summed E-state index contributed by atoms with van der Waals surface area (Å²) in [7, 11) is 0. The molecule has 0 fully saturated rings. The number of nitriles is 2. The molecule has 1 aromatic rings. The Kier molecular flexibility index (Phi) is 7.16. The van der Waals surface area contributed by atoms with Crippen LogP contribution in [0, 0.1) is 22.7 Å². The average molecular weight is 314 g/mol. The number of rotatable bonds is 7. The van der Waals surface area contributed by atoms with Gasteiger partial charge in [-0.2, -0.15) is 10.5 Å². The predicted molar refractivity (Wildman–Crippen MR) is 83.5 cm³/mol. The zero-order valence-electron chi connectivity index (χ0n) is 13.3. The van der Waals surface area contributed by atoms with Crippen LogP contribution in [0.2, 0.25) is 0 Å². The molecule has 0 amide bonds. The van der Waals surface area contributed by atoms with E-state index in [0.29, 0.717) is 23.7 Å². The van der Waals surface area contributed by atoms with E-state index >= 15 is 0 Å². The zero-order valence-corrected chi connectivity index (χ0v) is 13.3. The molecular weight excluding hydrogens is 296 g/mol. The van der Waals surface area contributed by atoms with Gasteiger partial charge in [0.1, 0.15) is 17.7 Å².